The van der Waals surface area contributed by atoms with Crippen molar-refractivity contribution in [3.63, 3.8) is 0 Å². The van der Waals surface area contributed by atoms with Crippen molar-refractivity contribution in [1.82, 2.24) is 25.5 Å². The largest absolute Gasteiger partial charge is 0.497 e. The summed E-state index contributed by atoms with van der Waals surface area (Å²) >= 11 is 0. The van der Waals surface area contributed by atoms with Crippen molar-refractivity contribution in [3.8, 4) is 17.3 Å². The summed E-state index contributed by atoms with van der Waals surface area (Å²) in [6.45, 7) is 9.16. The number of hydrogen-bond donors (Lipinski definition) is 1. The number of amides is 2. The summed E-state index contributed by atoms with van der Waals surface area (Å²) < 4.78 is 10.9. The van der Waals surface area contributed by atoms with Gasteiger partial charge in [-0.2, -0.15) is 4.80 Å². The van der Waals surface area contributed by atoms with Gasteiger partial charge in [-0.3, -0.25) is 14.5 Å². The molecule has 0 spiro atoms. The first-order valence-corrected chi connectivity index (χ1v) is 12.2. The van der Waals surface area contributed by atoms with Gasteiger partial charge in [-0.1, -0.05) is 30.3 Å². The molecule has 1 unspecified atom stereocenters. The van der Waals surface area contributed by atoms with E-state index < -0.39 is 11.6 Å². The molecule has 1 atom stereocenters. The van der Waals surface area contributed by atoms with E-state index in [2.05, 4.69) is 20.7 Å². The van der Waals surface area contributed by atoms with Crippen LogP contribution in [0.2, 0.25) is 0 Å². The van der Waals surface area contributed by atoms with Crippen LogP contribution in [0.25, 0.3) is 11.6 Å². The van der Waals surface area contributed by atoms with E-state index in [4.69, 9.17) is 9.15 Å². The fourth-order valence-electron chi connectivity index (χ4n) is 4.05. The molecule has 2 aromatic carbocycles. The number of methoxy groups -OCH3 is 1. The Morgan fingerprint density at radius 2 is 1.76 bits per heavy atom. The number of carbonyl (C=O) groups excluding carboxylic acids is 2. The second kappa shape index (κ2) is 10.9. The molecule has 1 N–H and O–H groups in total. The quantitative estimate of drug-likeness (QED) is 0.372. The van der Waals surface area contributed by atoms with E-state index >= 15 is 0 Å². The molecule has 0 aliphatic rings. The fraction of sp³-hybridized carbons (Fsp3) is 0.321. The fourth-order valence-corrected chi connectivity index (χ4v) is 4.05. The van der Waals surface area contributed by atoms with E-state index in [9.17, 15) is 9.59 Å². The van der Waals surface area contributed by atoms with Crippen LogP contribution in [0.15, 0.2) is 65.1 Å². The normalized spacial score (nSPS) is 12.2. The molecule has 2 heterocycles. The molecule has 0 fully saturated rings. The maximum atomic E-state index is 14.0. The summed E-state index contributed by atoms with van der Waals surface area (Å²) in [6.07, 6.45) is 0. The summed E-state index contributed by atoms with van der Waals surface area (Å²) in [7, 11) is 1.57. The van der Waals surface area contributed by atoms with E-state index in [1.165, 1.54) is 9.70 Å². The first-order valence-electron chi connectivity index (χ1n) is 12.2. The molecule has 0 saturated carbocycles. The molecule has 0 aliphatic carbocycles. The Bertz CT molecular complexity index is 1420. The lowest BCUT2D eigenvalue weighted by Crippen LogP contribution is -2.50. The molecule has 0 aliphatic heterocycles. The summed E-state index contributed by atoms with van der Waals surface area (Å²) in [5.41, 5.74) is 1.54. The van der Waals surface area contributed by atoms with Gasteiger partial charge in [-0.25, -0.2) is 0 Å². The molecule has 2 aromatic heterocycles. The van der Waals surface area contributed by atoms with Gasteiger partial charge in [0.15, 0.2) is 5.76 Å². The van der Waals surface area contributed by atoms with E-state index in [1.54, 1.807) is 43.5 Å². The van der Waals surface area contributed by atoms with Crippen molar-refractivity contribution < 1.29 is 18.7 Å². The van der Waals surface area contributed by atoms with E-state index in [0.717, 1.165) is 5.56 Å². The molecule has 4 rings (SSSR count). The lowest BCUT2D eigenvalue weighted by Gasteiger charge is -2.34. The van der Waals surface area contributed by atoms with Gasteiger partial charge in [0.05, 0.1) is 7.11 Å². The number of aromatic nitrogens is 4. The van der Waals surface area contributed by atoms with Gasteiger partial charge >= 0.3 is 0 Å². The molecule has 0 saturated heterocycles. The highest BCUT2D eigenvalue weighted by Crippen LogP contribution is 2.32. The molecular weight excluding hydrogens is 484 g/mol. The second-order valence-corrected chi connectivity index (χ2v) is 10.0. The minimum absolute atomic E-state index is 0.240. The number of hydrogen-bond acceptors (Lipinski definition) is 7. The molecule has 10 nitrogen and oxygen atoms in total. The maximum Gasteiger partial charge on any atom is 0.251 e. The topological polar surface area (TPSA) is 115 Å². The third-order valence-electron chi connectivity index (χ3n) is 5.77. The number of aryl methyl sites for hydroxylation is 2. The minimum atomic E-state index is -0.968. The number of carbonyl (C=O) groups is 2. The monoisotopic (exact) mass is 516 g/mol. The molecule has 4 aromatic rings. The number of tetrazole rings is 1. The predicted octanol–water partition coefficient (Wildman–Crippen LogP) is 4.25. The standard InChI is InChI=1S/C28H32N6O4/c1-18-9-7-8-10-22(18)34(24(35)17-33-31-26(30-32-33)23-16-11-19(2)38-23)25(27(36)29-28(3,4)5)20-12-14-21(37-6)15-13-20/h7-16,25H,17H2,1-6H3,(H,29,36). The van der Waals surface area contributed by atoms with Gasteiger partial charge < -0.3 is 14.5 Å². The highest BCUT2D eigenvalue weighted by molar-refractivity contribution is 6.01. The number of ether oxygens (including phenoxy) is 1. The van der Waals surface area contributed by atoms with Gasteiger partial charge in [-0.15, -0.1) is 10.2 Å². The summed E-state index contributed by atoms with van der Waals surface area (Å²) in [4.78, 5) is 30.5. The van der Waals surface area contributed by atoms with Crippen molar-refractivity contribution in [2.45, 2.75) is 52.7 Å². The van der Waals surface area contributed by atoms with Crippen LogP contribution >= 0.6 is 0 Å². The van der Waals surface area contributed by atoms with Crippen LogP contribution in [-0.4, -0.2) is 44.7 Å². The number of para-hydroxylation sites is 1. The molecule has 0 radical (unpaired) electrons. The molecule has 0 bridgehead atoms. The Hall–Kier alpha value is -4.47. The highest BCUT2D eigenvalue weighted by atomic mass is 16.5. The number of nitrogens with one attached hydrogen (secondary N) is 1. The first kappa shape index (κ1) is 26.6. The summed E-state index contributed by atoms with van der Waals surface area (Å²) in [5.74, 6) is 1.37. The molecule has 10 heteroatoms. The first-order chi connectivity index (χ1) is 18.1. The van der Waals surface area contributed by atoms with Crippen molar-refractivity contribution in [2.75, 3.05) is 12.0 Å². The zero-order valence-corrected chi connectivity index (χ0v) is 22.4. The average Bonchev–Trinajstić information content (AvgIpc) is 3.51. The summed E-state index contributed by atoms with van der Waals surface area (Å²) in [5, 5.41) is 15.4. The SMILES string of the molecule is COc1ccc(C(C(=O)NC(C)(C)C)N(C(=O)Cn2nnc(-c3ccc(C)o3)n2)c2ccccc2C)cc1. The Labute approximate surface area is 221 Å². The lowest BCUT2D eigenvalue weighted by molar-refractivity contribution is -0.128. The van der Waals surface area contributed by atoms with Crippen LogP contribution in [0.5, 0.6) is 5.75 Å². The van der Waals surface area contributed by atoms with Crippen LogP contribution in [0.4, 0.5) is 5.69 Å². The second-order valence-electron chi connectivity index (χ2n) is 10.0. The average molecular weight is 517 g/mol. The smallest absolute Gasteiger partial charge is 0.251 e. The van der Waals surface area contributed by atoms with Gasteiger partial charge in [-0.05, 0) is 81.3 Å². The van der Waals surface area contributed by atoms with Crippen LogP contribution in [0.1, 0.15) is 43.7 Å². The van der Waals surface area contributed by atoms with Gasteiger partial charge in [0.25, 0.3) is 5.91 Å². The van der Waals surface area contributed by atoms with Crippen molar-refractivity contribution in [1.29, 1.82) is 0 Å². The molecule has 2 amide bonds. The lowest BCUT2D eigenvalue weighted by atomic mass is 9.99. The van der Waals surface area contributed by atoms with Crippen LogP contribution in [0, 0.1) is 13.8 Å². The van der Waals surface area contributed by atoms with Gasteiger partial charge in [0.1, 0.15) is 24.1 Å². The van der Waals surface area contributed by atoms with Crippen LogP contribution < -0.4 is 15.0 Å². The Kier molecular flexibility index (Phi) is 7.61. The Balaban J connectivity index is 1.76. The Morgan fingerprint density at radius 3 is 2.37 bits per heavy atom. The molecule has 38 heavy (non-hydrogen) atoms. The van der Waals surface area contributed by atoms with E-state index in [-0.39, 0.29) is 24.2 Å². The maximum absolute atomic E-state index is 14.0. The molecular formula is C28H32N6O4. The zero-order valence-electron chi connectivity index (χ0n) is 22.4. The zero-order chi connectivity index (χ0) is 27.4. The summed E-state index contributed by atoms with van der Waals surface area (Å²) in [6, 6.07) is 17.1. The number of anilines is 1. The van der Waals surface area contributed by atoms with Crippen molar-refractivity contribution in [2.24, 2.45) is 0 Å². The van der Waals surface area contributed by atoms with Gasteiger partial charge in [0.2, 0.25) is 11.7 Å². The number of rotatable bonds is 8. The third-order valence-corrected chi connectivity index (χ3v) is 5.77. The number of benzene rings is 2. The van der Waals surface area contributed by atoms with E-state index in [0.29, 0.717) is 28.5 Å². The number of nitrogens with zero attached hydrogens (tertiary/aromatic N) is 5. The van der Waals surface area contributed by atoms with E-state index in [1.807, 2.05) is 58.9 Å². The number of furan rings is 1. The van der Waals surface area contributed by atoms with Crippen molar-refractivity contribution >= 4 is 17.5 Å². The molecule has 198 valence electrons. The highest BCUT2D eigenvalue weighted by Gasteiger charge is 2.35. The third kappa shape index (κ3) is 6.08. The van der Waals surface area contributed by atoms with Crippen LogP contribution in [-0.2, 0) is 16.1 Å². The van der Waals surface area contributed by atoms with Crippen molar-refractivity contribution in [3.05, 3.63) is 77.6 Å². The van der Waals surface area contributed by atoms with Crippen LogP contribution in [0.3, 0.4) is 0 Å². The minimum Gasteiger partial charge on any atom is -0.497 e. The predicted molar refractivity (Wildman–Crippen MR) is 143 cm³/mol. The van der Waals surface area contributed by atoms with Gasteiger partial charge in [0, 0.05) is 11.2 Å². The Morgan fingerprint density at radius 1 is 1.05 bits per heavy atom.